The topological polar surface area (TPSA) is 86.6 Å². The Labute approximate surface area is 235 Å². The monoisotopic (exact) mass is 541 g/mol. The van der Waals surface area contributed by atoms with Crippen molar-refractivity contribution >= 4 is 11.7 Å². The maximum Gasteiger partial charge on any atom is 0.219 e. The van der Waals surface area contributed by atoms with Crippen molar-refractivity contribution in [3.8, 4) is 0 Å². The van der Waals surface area contributed by atoms with E-state index in [1.807, 2.05) is 12.2 Å². The fourth-order valence-electron chi connectivity index (χ4n) is 3.97. The van der Waals surface area contributed by atoms with E-state index in [0.29, 0.717) is 31.7 Å². The third kappa shape index (κ3) is 36.6. The SMILES string of the molecule is C=CCCCCCCCC(=O)CCCC[N+](C)(C)O.C=CCCCCCCCC(=O)NCCC[N+](C)(C)O. The number of unbranched alkanes of at least 4 members (excludes halogenated alkanes) is 11. The van der Waals surface area contributed by atoms with Gasteiger partial charge < -0.3 is 5.32 Å². The minimum atomic E-state index is -0.0411. The van der Waals surface area contributed by atoms with Gasteiger partial charge in [-0.2, -0.15) is 9.29 Å². The second-order valence-corrected chi connectivity index (χ2v) is 11.6. The number of allylic oxidation sites excluding steroid dienone is 2. The van der Waals surface area contributed by atoms with Gasteiger partial charge >= 0.3 is 0 Å². The minimum Gasteiger partial charge on any atom is -0.356 e. The molecule has 7 heteroatoms. The Morgan fingerprint density at radius 2 is 1.00 bits per heavy atom. The summed E-state index contributed by atoms with van der Waals surface area (Å²) in [7, 11) is 6.98. The molecule has 0 rings (SSSR count). The van der Waals surface area contributed by atoms with Crippen LogP contribution in [-0.2, 0) is 9.59 Å². The Morgan fingerprint density at radius 1 is 0.605 bits per heavy atom. The van der Waals surface area contributed by atoms with Crippen molar-refractivity contribution in [2.24, 2.45) is 0 Å². The van der Waals surface area contributed by atoms with Gasteiger partial charge in [0.05, 0.1) is 28.2 Å². The molecule has 0 unspecified atom stereocenters. The van der Waals surface area contributed by atoms with Crippen LogP contribution < -0.4 is 5.32 Å². The molecule has 3 N–H and O–H groups in total. The van der Waals surface area contributed by atoms with E-state index < -0.39 is 0 Å². The first-order valence-electron chi connectivity index (χ1n) is 15.0. The zero-order valence-corrected chi connectivity index (χ0v) is 25.5. The first-order valence-corrected chi connectivity index (χ1v) is 15.0. The number of rotatable bonds is 25. The summed E-state index contributed by atoms with van der Waals surface area (Å²) >= 11 is 0. The van der Waals surface area contributed by atoms with Crippen LogP contribution in [0.4, 0.5) is 0 Å². The van der Waals surface area contributed by atoms with Crippen LogP contribution in [0.1, 0.15) is 116 Å². The molecule has 0 aromatic carbocycles. The van der Waals surface area contributed by atoms with Crippen LogP contribution in [-0.4, -0.2) is 79.2 Å². The summed E-state index contributed by atoms with van der Waals surface area (Å²) in [4.78, 5) is 23.1. The highest BCUT2D eigenvalue weighted by Gasteiger charge is 2.11. The molecule has 0 heterocycles. The highest BCUT2D eigenvalue weighted by atomic mass is 16.5. The van der Waals surface area contributed by atoms with E-state index in [9.17, 15) is 20.0 Å². The van der Waals surface area contributed by atoms with E-state index in [-0.39, 0.29) is 15.2 Å². The standard InChI is InChI=1S/C16H32NO2.C15H30N2O2/c1-4-5-6-7-8-9-10-13-16(18)14-11-12-15-17(2,3)19;1-4-5-6-7-8-9-10-12-15(18)16-13-11-14-17(2,3)19/h4,19H,1,5-15H2,2-3H3;4,19H,1,5-14H2,2-3H3/q+1;/p+1. The van der Waals surface area contributed by atoms with E-state index >= 15 is 0 Å². The van der Waals surface area contributed by atoms with Crippen LogP contribution in [0.15, 0.2) is 25.3 Å². The predicted octanol–water partition coefficient (Wildman–Crippen LogP) is 6.98. The van der Waals surface area contributed by atoms with Crippen molar-refractivity contribution in [1.29, 1.82) is 0 Å². The van der Waals surface area contributed by atoms with Crippen molar-refractivity contribution in [2.45, 2.75) is 116 Å². The summed E-state index contributed by atoms with van der Waals surface area (Å²) in [6.45, 7) is 9.43. The van der Waals surface area contributed by atoms with Gasteiger partial charge in [0.15, 0.2) is 0 Å². The fraction of sp³-hybridized carbons (Fsp3) is 0.806. The number of Topliss-reactive ketones (excluding diaryl/α,β-unsaturated/α-hetero) is 1. The summed E-state index contributed by atoms with van der Waals surface area (Å²) in [6, 6.07) is 0. The Bertz CT molecular complexity index is 543. The number of hydroxylamine groups is 6. The van der Waals surface area contributed by atoms with Gasteiger partial charge in [0, 0.05) is 32.2 Å². The zero-order valence-electron chi connectivity index (χ0n) is 25.5. The molecule has 7 nitrogen and oxygen atoms in total. The second kappa shape index (κ2) is 25.7. The van der Waals surface area contributed by atoms with Gasteiger partial charge in [0.25, 0.3) is 0 Å². The maximum atomic E-state index is 11.6. The van der Waals surface area contributed by atoms with Gasteiger partial charge in [-0.15, -0.1) is 13.2 Å². The predicted molar refractivity (Wildman–Crippen MR) is 159 cm³/mol. The van der Waals surface area contributed by atoms with Crippen molar-refractivity contribution in [1.82, 2.24) is 5.32 Å². The van der Waals surface area contributed by atoms with E-state index in [1.54, 1.807) is 28.2 Å². The Hall–Kier alpha value is -1.54. The molecule has 0 aliphatic carbocycles. The molecule has 0 aliphatic rings. The van der Waals surface area contributed by atoms with Crippen molar-refractivity contribution < 1.29 is 29.3 Å². The smallest absolute Gasteiger partial charge is 0.219 e. The first kappa shape index (κ1) is 38.6. The molecule has 0 spiro atoms. The summed E-state index contributed by atoms with van der Waals surface area (Å²) < 4.78 is -0.0422. The third-order valence-electron chi connectivity index (χ3n) is 6.29. The maximum absolute atomic E-state index is 11.6. The van der Waals surface area contributed by atoms with E-state index in [4.69, 9.17) is 0 Å². The summed E-state index contributed by atoms with van der Waals surface area (Å²) in [6.07, 6.45) is 22.5. The van der Waals surface area contributed by atoms with Gasteiger partial charge in [-0.3, -0.25) is 9.59 Å². The van der Waals surface area contributed by atoms with Gasteiger partial charge in [0.1, 0.15) is 18.9 Å². The van der Waals surface area contributed by atoms with Crippen LogP contribution in [0.25, 0.3) is 0 Å². The summed E-state index contributed by atoms with van der Waals surface area (Å²) in [5.41, 5.74) is 0. The number of hydrogen-bond acceptors (Lipinski definition) is 4. The van der Waals surface area contributed by atoms with E-state index in [0.717, 1.165) is 64.3 Å². The molecule has 224 valence electrons. The summed E-state index contributed by atoms with van der Waals surface area (Å²) in [5.74, 6) is 0.517. The molecule has 0 saturated carbocycles. The second-order valence-electron chi connectivity index (χ2n) is 11.6. The molecule has 0 fully saturated rings. The highest BCUT2D eigenvalue weighted by molar-refractivity contribution is 5.78. The molecule has 0 aromatic heterocycles. The Morgan fingerprint density at radius 3 is 1.47 bits per heavy atom. The lowest BCUT2D eigenvalue weighted by Gasteiger charge is -2.19. The molecule has 0 bridgehead atoms. The Balaban J connectivity index is 0. The lowest BCUT2D eigenvalue weighted by Crippen LogP contribution is -2.38. The van der Waals surface area contributed by atoms with Crippen LogP contribution in [0, 0.1) is 0 Å². The molecular weight excluding hydrogens is 478 g/mol. The van der Waals surface area contributed by atoms with Crippen molar-refractivity contribution in [3.05, 3.63) is 25.3 Å². The molecule has 38 heavy (non-hydrogen) atoms. The van der Waals surface area contributed by atoms with Crippen molar-refractivity contribution in [2.75, 3.05) is 47.8 Å². The van der Waals surface area contributed by atoms with E-state index in [2.05, 4.69) is 18.5 Å². The minimum absolute atomic E-state index is 0.00109. The average Bonchev–Trinajstić information content (AvgIpc) is 2.83. The molecule has 0 saturated heterocycles. The number of hydrogen-bond donors (Lipinski definition) is 3. The third-order valence-corrected chi connectivity index (χ3v) is 6.29. The molecular formula is C31H63N3O4+2. The first-order chi connectivity index (χ1) is 17.9. The number of ketones is 1. The van der Waals surface area contributed by atoms with Gasteiger partial charge in [0.2, 0.25) is 5.91 Å². The van der Waals surface area contributed by atoms with Gasteiger partial charge in [-0.05, 0) is 51.4 Å². The number of nitrogens with one attached hydrogen (secondary N) is 1. The zero-order chi connectivity index (χ0) is 29.1. The van der Waals surface area contributed by atoms with Gasteiger partial charge in [-0.25, -0.2) is 10.4 Å². The highest BCUT2D eigenvalue weighted by Crippen LogP contribution is 2.10. The van der Waals surface area contributed by atoms with E-state index in [1.165, 1.54) is 44.9 Å². The number of amides is 1. The lowest BCUT2D eigenvalue weighted by molar-refractivity contribution is -1.07. The lowest BCUT2D eigenvalue weighted by atomic mass is 10.0. The molecule has 0 radical (unpaired) electrons. The van der Waals surface area contributed by atoms with Crippen LogP contribution in [0.3, 0.4) is 0 Å². The largest absolute Gasteiger partial charge is 0.356 e. The Kier molecular flexibility index (Phi) is 26.1. The van der Waals surface area contributed by atoms with Crippen molar-refractivity contribution in [3.63, 3.8) is 0 Å². The molecule has 0 aromatic rings. The normalized spacial score (nSPS) is 11.4. The summed E-state index contributed by atoms with van der Waals surface area (Å²) in [5, 5.41) is 21.8. The number of carbonyl (C=O) groups is 2. The van der Waals surface area contributed by atoms with Gasteiger partial charge in [-0.1, -0.05) is 50.7 Å². The van der Waals surface area contributed by atoms with Crippen LogP contribution >= 0.6 is 0 Å². The number of quaternary nitrogens is 2. The number of carbonyl (C=O) groups excluding carboxylic acids is 2. The van der Waals surface area contributed by atoms with Crippen LogP contribution in [0.5, 0.6) is 0 Å². The fourth-order valence-corrected chi connectivity index (χ4v) is 3.97. The molecule has 0 aliphatic heterocycles. The molecule has 1 amide bonds. The average molecular weight is 542 g/mol. The quantitative estimate of drug-likeness (QED) is 0.0503. The number of nitrogens with zero attached hydrogens (tertiary/aromatic N) is 2. The van der Waals surface area contributed by atoms with Crippen LogP contribution in [0.2, 0.25) is 0 Å². The molecule has 0 atom stereocenters.